The number of benzene rings is 1. The van der Waals surface area contributed by atoms with Crippen LogP contribution in [0.5, 0.6) is 0 Å². The van der Waals surface area contributed by atoms with Crippen molar-refractivity contribution in [1.82, 2.24) is 5.32 Å². The van der Waals surface area contributed by atoms with E-state index in [2.05, 4.69) is 5.32 Å². The Morgan fingerprint density at radius 1 is 1.20 bits per heavy atom. The third-order valence-corrected chi connectivity index (χ3v) is 3.12. The monoisotopic (exact) mass is 275 g/mol. The van der Waals surface area contributed by atoms with Gasteiger partial charge in [-0.25, -0.2) is 0 Å². The predicted octanol–water partition coefficient (Wildman–Crippen LogP) is 2.74. The molecule has 0 amide bonds. The Hall–Kier alpha value is -1.62. The third kappa shape index (κ3) is 3.93. The Labute approximate surface area is 119 Å². The van der Waals surface area contributed by atoms with Gasteiger partial charge in [0, 0.05) is 19.2 Å². The molecule has 20 heavy (non-hydrogen) atoms. The largest absolute Gasteiger partial charge is 0.460 e. The molecule has 2 N–H and O–H groups in total. The summed E-state index contributed by atoms with van der Waals surface area (Å²) in [6.07, 6.45) is -0.443. The van der Waals surface area contributed by atoms with Crippen molar-refractivity contribution in [2.75, 3.05) is 20.3 Å². The van der Waals surface area contributed by atoms with Gasteiger partial charge in [0.2, 0.25) is 0 Å². The molecule has 0 radical (unpaired) electrons. The van der Waals surface area contributed by atoms with E-state index in [9.17, 15) is 5.11 Å². The molecule has 0 aliphatic heterocycles. The Bertz CT molecular complexity index is 517. The summed E-state index contributed by atoms with van der Waals surface area (Å²) in [7, 11) is 1.68. The van der Waals surface area contributed by atoms with Crippen molar-refractivity contribution in [1.29, 1.82) is 0 Å². The van der Waals surface area contributed by atoms with Crippen molar-refractivity contribution in [2.24, 2.45) is 0 Å². The fourth-order valence-corrected chi connectivity index (χ4v) is 1.94. The lowest BCUT2D eigenvalue weighted by Crippen LogP contribution is -2.18. The smallest absolute Gasteiger partial charge is 0.134 e. The average molecular weight is 275 g/mol. The highest BCUT2D eigenvalue weighted by molar-refractivity contribution is 5.58. The SMILES string of the molecule is COCCNCc1ccc(-c2ccc(C(C)O)cc2)o1. The molecule has 2 rings (SSSR count). The van der Waals surface area contributed by atoms with Crippen LogP contribution in [-0.2, 0) is 11.3 Å². The van der Waals surface area contributed by atoms with Crippen LogP contribution in [0.4, 0.5) is 0 Å². The Kier molecular flexibility index (Phi) is 5.35. The van der Waals surface area contributed by atoms with Crippen LogP contribution in [0.25, 0.3) is 11.3 Å². The second-order valence-electron chi connectivity index (χ2n) is 4.73. The molecule has 0 fully saturated rings. The molecule has 1 aromatic heterocycles. The van der Waals surface area contributed by atoms with Crippen molar-refractivity contribution >= 4 is 0 Å². The van der Waals surface area contributed by atoms with Gasteiger partial charge in [-0.2, -0.15) is 0 Å². The standard InChI is InChI=1S/C16H21NO3/c1-12(18)13-3-5-14(6-4-13)16-8-7-15(20-16)11-17-9-10-19-2/h3-8,12,17-18H,9-11H2,1-2H3. The number of aliphatic hydroxyl groups is 1. The van der Waals surface area contributed by atoms with E-state index >= 15 is 0 Å². The van der Waals surface area contributed by atoms with Crippen molar-refractivity contribution in [3.8, 4) is 11.3 Å². The summed E-state index contributed by atoms with van der Waals surface area (Å²) in [5, 5.41) is 12.7. The third-order valence-electron chi connectivity index (χ3n) is 3.12. The number of nitrogens with one attached hydrogen (secondary N) is 1. The van der Waals surface area contributed by atoms with Gasteiger partial charge in [-0.3, -0.25) is 0 Å². The van der Waals surface area contributed by atoms with Gasteiger partial charge < -0.3 is 19.6 Å². The van der Waals surface area contributed by atoms with E-state index in [0.29, 0.717) is 13.2 Å². The summed E-state index contributed by atoms with van der Waals surface area (Å²) >= 11 is 0. The highest BCUT2D eigenvalue weighted by Crippen LogP contribution is 2.24. The van der Waals surface area contributed by atoms with E-state index in [1.165, 1.54) is 0 Å². The number of hydrogen-bond acceptors (Lipinski definition) is 4. The first-order valence-electron chi connectivity index (χ1n) is 6.77. The van der Waals surface area contributed by atoms with Gasteiger partial charge in [0.05, 0.1) is 19.3 Å². The van der Waals surface area contributed by atoms with E-state index < -0.39 is 6.10 Å². The number of aliphatic hydroxyl groups excluding tert-OH is 1. The number of rotatable bonds is 7. The maximum absolute atomic E-state index is 9.49. The summed E-state index contributed by atoms with van der Waals surface area (Å²) < 4.78 is 10.8. The van der Waals surface area contributed by atoms with Crippen molar-refractivity contribution < 1.29 is 14.3 Å². The molecule has 0 aliphatic carbocycles. The zero-order valence-electron chi connectivity index (χ0n) is 11.9. The minimum atomic E-state index is -0.443. The minimum Gasteiger partial charge on any atom is -0.460 e. The first-order chi connectivity index (χ1) is 9.70. The minimum absolute atomic E-state index is 0.443. The fourth-order valence-electron chi connectivity index (χ4n) is 1.94. The maximum atomic E-state index is 9.49. The van der Waals surface area contributed by atoms with E-state index in [0.717, 1.165) is 29.2 Å². The molecule has 0 saturated heterocycles. The topological polar surface area (TPSA) is 54.6 Å². The molecule has 108 valence electrons. The second kappa shape index (κ2) is 7.24. The quantitative estimate of drug-likeness (QED) is 0.763. The van der Waals surface area contributed by atoms with Crippen LogP contribution in [0.2, 0.25) is 0 Å². The molecule has 1 atom stereocenters. The maximum Gasteiger partial charge on any atom is 0.134 e. The number of methoxy groups -OCH3 is 1. The van der Waals surface area contributed by atoms with Crippen molar-refractivity contribution in [3.63, 3.8) is 0 Å². The predicted molar refractivity (Wildman–Crippen MR) is 78.4 cm³/mol. The van der Waals surface area contributed by atoms with Crippen LogP contribution in [-0.4, -0.2) is 25.4 Å². The summed E-state index contributed by atoms with van der Waals surface area (Å²) in [6.45, 7) is 3.94. The van der Waals surface area contributed by atoms with Gasteiger partial charge in [0.25, 0.3) is 0 Å². The molecule has 0 spiro atoms. The molecular formula is C16H21NO3. The number of hydrogen-bond donors (Lipinski definition) is 2. The summed E-state index contributed by atoms with van der Waals surface area (Å²) in [6, 6.07) is 11.7. The zero-order valence-corrected chi connectivity index (χ0v) is 11.9. The van der Waals surface area contributed by atoms with Crippen LogP contribution in [0.1, 0.15) is 24.4 Å². The van der Waals surface area contributed by atoms with Crippen LogP contribution in [0.3, 0.4) is 0 Å². The van der Waals surface area contributed by atoms with E-state index in [4.69, 9.17) is 9.15 Å². The van der Waals surface area contributed by atoms with E-state index in [1.54, 1.807) is 14.0 Å². The average Bonchev–Trinajstić information content (AvgIpc) is 2.92. The fraction of sp³-hybridized carbons (Fsp3) is 0.375. The summed E-state index contributed by atoms with van der Waals surface area (Å²) in [5.41, 5.74) is 1.92. The lowest BCUT2D eigenvalue weighted by Gasteiger charge is -2.05. The molecule has 1 aromatic carbocycles. The van der Waals surface area contributed by atoms with Crippen molar-refractivity contribution in [3.05, 3.63) is 47.7 Å². The molecular weight excluding hydrogens is 254 g/mol. The molecule has 0 saturated carbocycles. The van der Waals surface area contributed by atoms with Crippen LogP contribution in [0.15, 0.2) is 40.8 Å². The zero-order chi connectivity index (χ0) is 14.4. The highest BCUT2D eigenvalue weighted by atomic mass is 16.5. The van der Waals surface area contributed by atoms with Crippen LogP contribution >= 0.6 is 0 Å². The number of ether oxygens (including phenoxy) is 1. The van der Waals surface area contributed by atoms with Crippen LogP contribution in [0, 0.1) is 0 Å². The first-order valence-corrected chi connectivity index (χ1v) is 6.77. The first kappa shape index (κ1) is 14.8. The van der Waals surface area contributed by atoms with Gasteiger partial charge in [-0.1, -0.05) is 24.3 Å². The Morgan fingerprint density at radius 3 is 2.60 bits per heavy atom. The second-order valence-corrected chi connectivity index (χ2v) is 4.73. The van der Waals surface area contributed by atoms with Crippen molar-refractivity contribution in [2.45, 2.75) is 19.6 Å². The lowest BCUT2D eigenvalue weighted by molar-refractivity contribution is 0.198. The van der Waals surface area contributed by atoms with Gasteiger partial charge in [0.15, 0.2) is 0 Å². The number of furan rings is 1. The Morgan fingerprint density at radius 2 is 1.95 bits per heavy atom. The highest BCUT2D eigenvalue weighted by Gasteiger charge is 2.06. The summed E-state index contributed by atoms with van der Waals surface area (Å²) in [4.78, 5) is 0. The normalized spacial score (nSPS) is 12.6. The molecule has 0 aliphatic rings. The van der Waals surface area contributed by atoms with Gasteiger partial charge in [-0.15, -0.1) is 0 Å². The summed E-state index contributed by atoms with van der Waals surface area (Å²) in [5.74, 6) is 1.74. The molecule has 1 unspecified atom stereocenters. The molecule has 4 nitrogen and oxygen atoms in total. The molecule has 2 aromatic rings. The van der Waals surface area contributed by atoms with Gasteiger partial charge in [-0.05, 0) is 24.6 Å². The molecule has 1 heterocycles. The van der Waals surface area contributed by atoms with E-state index in [-0.39, 0.29) is 0 Å². The Balaban J connectivity index is 1.97. The molecule has 0 bridgehead atoms. The molecule has 4 heteroatoms. The van der Waals surface area contributed by atoms with E-state index in [1.807, 2.05) is 36.4 Å². The van der Waals surface area contributed by atoms with Crippen LogP contribution < -0.4 is 5.32 Å². The van der Waals surface area contributed by atoms with Gasteiger partial charge >= 0.3 is 0 Å². The van der Waals surface area contributed by atoms with Gasteiger partial charge in [0.1, 0.15) is 11.5 Å². The lowest BCUT2D eigenvalue weighted by atomic mass is 10.1.